The number of benzene rings is 1. The van der Waals surface area contributed by atoms with Crippen LogP contribution >= 0.6 is 24.0 Å². The van der Waals surface area contributed by atoms with Gasteiger partial charge >= 0.3 is 0 Å². The Balaban J connectivity index is 0.00000280. The molecule has 1 saturated heterocycles. The van der Waals surface area contributed by atoms with E-state index in [1.54, 1.807) is 19.2 Å². The number of aliphatic imine (C=N–C) groups is 1. The number of rotatable bonds is 5. The molecule has 0 saturated carbocycles. The zero-order valence-electron chi connectivity index (χ0n) is 16.2. The molecule has 1 aromatic carbocycles. The van der Waals surface area contributed by atoms with Crippen molar-refractivity contribution in [2.75, 3.05) is 31.6 Å². The summed E-state index contributed by atoms with van der Waals surface area (Å²) in [6, 6.07) is 10.5. The first kappa shape index (κ1) is 22.4. The number of nitrogens with one attached hydrogen (secondary N) is 2. The van der Waals surface area contributed by atoms with Gasteiger partial charge in [-0.2, -0.15) is 0 Å². The lowest BCUT2D eigenvalue weighted by Gasteiger charge is -2.32. The van der Waals surface area contributed by atoms with Crippen molar-refractivity contribution in [3.05, 3.63) is 59.5 Å². The standard InChI is InChI=1S/C20H26FN5O.HI/c1-15-14-26(9-10-27-15)19-8-5-17(12-23-19)13-25-20(22-2)24-11-16-3-6-18(21)7-4-16;/h3-8,12,15H,9-11,13-14H2,1-2H3,(H2,22,24,25);1H. The Bertz CT molecular complexity index is 754. The third-order valence-corrected chi connectivity index (χ3v) is 4.43. The first-order valence-electron chi connectivity index (χ1n) is 9.14. The van der Waals surface area contributed by atoms with Gasteiger partial charge in [-0.15, -0.1) is 24.0 Å². The molecule has 2 heterocycles. The summed E-state index contributed by atoms with van der Waals surface area (Å²) < 4.78 is 18.5. The summed E-state index contributed by atoms with van der Waals surface area (Å²) in [5.41, 5.74) is 2.06. The van der Waals surface area contributed by atoms with Gasteiger partial charge in [-0.1, -0.05) is 18.2 Å². The molecule has 0 amide bonds. The number of guanidine groups is 1. The summed E-state index contributed by atoms with van der Waals surface area (Å²) >= 11 is 0. The van der Waals surface area contributed by atoms with Gasteiger partial charge < -0.3 is 20.3 Å². The van der Waals surface area contributed by atoms with E-state index in [0.29, 0.717) is 19.0 Å². The summed E-state index contributed by atoms with van der Waals surface area (Å²) in [4.78, 5) is 11.0. The fraction of sp³-hybridized carbons (Fsp3) is 0.400. The molecule has 1 atom stereocenters. The van der Waals surface area contributed by atoms with Crippen molar-refractivity contribution in [2.24, 2.45) is 4.99 Å². The molecule has 3 rings (SSSR count). The van der Waals surface area contributed by atoms with Gasteiger partial charge in [0.2, 0.25) is 0 Å². The van der Waals surface area contributed by atoms with Crippen LogP contribution in [-0.2, 0) is 17.8 Å². The van der Waals surface area contributed by atoms with E-state index >= 15 is 0 Å². The van der Waals surface area contributed by atoms with Crippen LogP contribution in [0.4, 0.5) is 10.2 Å². The van der Waals surface area contributed by atoms with Crippen LogP contribution in [0, 0.1) is 5.82 Å². The quantitative estimate of drug-likeness (QED) is 0.377. The van der Waals surface area contributed by atoms with Gasteiger partial charge in [-0.25, -0.2) is 9.37 Å². The Morgan fingerprint density at radius 3 is 2.46 bits per heavy atom. The van der Waals surface area contributed by atoms with Crippen LogP contribution in [0.25, 0.3) is 0 Å². The van der Waals surface area contributed by atoms with Crippen LogP contribution < -0.4 is 15.5 Å². The monoisotopic (exact) mass is 499 g/mol. The highest BCUT2D eigenvalue weighted by Gasteiger charge is 2.17. The molecule has 6 nitrogen and oxygen atoms in total. The number of anilines is 1. The number of aromatic nitrogens is 1. The van der Waals surface area contributed by atoms with Gasteiger partial charge in [-0.05, 0) is 36.2 Å². The van der Waals surface area contributed by atoms with Crippen LogP contribution in [0.3, 0.4) is 0 Å². The Morgan fingerprint density at radius 1 is 1.18 bits per heavy atom. The lowest BCUT2D eigenvalue weighted by atomic mass is 10.2. The van der Waals surface area contributed by atoms with Gasteiger partial charge in [0.15, 0.2) is 5.96 Å². The molecule has 28 heavy (non-hydrogen) atoms. The average molecular weight is 499 g/mol. The van der Waals surface area contributed by atoms with Crippen molar-refractivity contribution in [1.82, 2.24) is 15.6 Å². The molecule has 2 aromatic rings. The average Bonchev–Trinajstić information content (AvgIpc) is 2.70. The maximum Gasteiger partial charge on any atom is 0.191 e. The molecule has 8 heteroatoms. The Kier molecular flexibility index (Phi) is 8.91. The normalized spacial score (nSPS) is 17.0. The predicted octanol–water partition coefficient (Wildman–Crippen LogP) is 2.93. The van der Waals surface area contributed by atoms with Crippen LogP contribution in [0.15, 0.2) is 47.6 Å². The van der Waals surface area contributed by atoms with Gasteiger partial charge in [0, 0.05) is 39.4 Å². The molecule has 1 aliphatic rings. The third kappa shape index (κ3) is 6.59. The summed E-state index contributed by atoms with van der Waals surface area (Å²) in [6.07, 6.45) is 2.12. The summed E-state index contributed by atoms with van der Waals surface area (Å²) in [6.45, 7) is 5.75. The number of hydrogen-bond acceptors (Lipinski definition) is 4. The summed E-state index contributed by atoms with van der Waals surface area (Å²) in [5.74, 6) is 1.43. The topological polar surface area (TPSA) is 61.8 Å². The number of pyridine rings is 1. The molecule has 2 N–H and O–H groups in total. The van der Waals surface area contributed by atoms with E-state index < -0.39 is 0 Å². The van der Waals surface area contributed by atoms with Crippen molar-refractivity contribution in [1.29, 1.82) is 0 Å². The maximum absolute atomic E-state index is 13.0. The van der Waals surface area contributed by atoms with E-state index in [9.17, 15) is 4.39 Å². The minimum absolute atomic E-state index is 0. The fourth-order valence-electron chi connectivity index (χ4n) is 2.93. The molecule has 0 spiro atoms. The molecule has 1 aromatic heterocycles. The van der Waals surface area contributed by atoms with Gasteiger partial charge in [0.05, 0.1) is 12.7 Å². The molecule has 1 aliphatic heterocycles. The van der Waals surface area contributed by atoms with E-state index in [2.05, 4.69) is 38.5 Å². The highest BCUT2D eigenvalue weighted by atomic mass is 127. The van der Waals surface area contributed by atoms with Crippen molar-refractivity contribution in [3.63, 3.8) is 0 Å². The molecular weight excluding hydrogens is 472 g/mol. The molecular formula is C20H27FIN5O. The minimum Gasteiger partial charge on any atom is -0.375 e. The van der Waals surface area contributed by atoms with E-state index in [-0.39, 0.29) is 35.9 Å². The molecule has 152 valence electrons. The van der Waals surface area contributed by atoms with Crippen LogP contribution in [-0.4, -0.2) is 43.8 Å². The summed E-state index contributed by atoms with van der Waals surface area (Å²) in [7, 11) is 1.72. The predicted molar refractivity (Wildman–Crippen MR) is 121 cm³/mol. The third-order valence-electron chi connectivity index (χ3n) is 4.43. The van der Waals surface area contributed by atoms with Gasteiger partial charge in [0.1, 0.15) is 11.6 Å². The lowest BCUT2D eigenvalue weighted by Crippen LogP contribution is -2.41. The van der Waals surface area contributed by atoms with Gasteiger partial charge in [-0.3, -0.25) is 4.99 Å². The minimum atomic E-state index is -0.233. The van der Waals surface area contributed by atoms with Crippen LogP contribution in [0.5, 0.6) is 0 Å². The first-order chi connectivity index (χ1) is 13.1. The highest BCUT2D eigenvalue weighted by molar-refractivity contribution is 14.0. The van der Waals surface area contributed by atoms with E-state index in [0.717, 1.165) is 36.6 Å². The van der Waals surface area contributed by atoms with Crippen molar-refractivity contribution in [3.8, 4) is 0 Å². The number of nitrogens with zero attached hydrogens (tertiary/aromatic N) is 3. The molecule has 0 bridgehead atoms. The van der Waals surface area contributed by atoms with Crippen molar-refractivity contribution < 1.29 is 9.13 Å². The van der Waals surface area contributed by atoms with Crippen molar-refractivity contribution >= 4 is 35.8 Å². The SMILES string of the molecule is CN=C(NCc1ccc(F)cc1)NCc1ccc(N2CCOC(C)C2)nc1.I. The smallest absolute Gasteiger partial charge is 0.191 e. The van der Waals surface area contributed by atoms with E-state index in [1.807, 2.05) is 12.3 Å². The van der Waals surface area contributed by atoms with Crippen LogP contribution in [0.1, 0.15) is 18.1 Å². The zero-order valence-corrected chi connectivity index (χ0v) is 18.5. The van der Waals surface area contributed by atoms with Gasteiger partial charge in [0.25, 0.3) is 0 Å². The second-order valence-corrected chi connectivity index (χ2v) is 6.56. The molecule has 1 fully saturated rings. The van der Waals surface area contributed by atoms with E-state index in [4.69, 9.17) is 4.74 Å². The van der Waals surface area contributed by atoms with E-state index in [1.165, 1.54) is 12.1 Å². The number of hydrogen-bond donors (Lipinski definition) is 2. The van der Waals surface area contributed by atoms with Crippen LogP contribution in [0.2, 0.25) is 0 Å². The Labute approximate surface area is 182 Å². The summed E-state index contributed by atoms with van der Waals surface area (Å²) in [5, 5.41) is 6.48. The molecule has 1 unspecified atom stereocenters. The Hall–Kier alpha value is -1.94. The first-order valence-corrected chi connectivity index (χ1v) is 9.14. The molecule has 0 radical (unpaired) electrons. The number of halogens is 2. The second-order valence-electron chi connectivity index (χ2n) is 6.56. The molecule has 0 aliphatic carbocycles. The maximum atomic E-state index is 13.0. The number of ether oxygens (including phenoxy) is 1. The highest BCUT2D eigenvalue weighted by Crippen LogP contribution is 2.15. The lowest BCUT2D eigenvalue weighted by molar-refractivity contribution is 0.0529. The zero-order chi connectivity index (χ0) is 19.1. The Morgan fingerprint density at radius 2 is 1.86 bits per heavy atom. The largest absolute Gasteiger partial charge is 0.375 e. The second kappa shape index (κ2) is 11.2. The number of morpholine rings is 1. The van der Waals surface area contributed by atoms with Crippen molar-refractivity contribution in [2.45, 2.75) is 26.1 Å². The fourth-order valence-corrected chi connectivity index (χ4v) is 2.93.